The van der Waals surface area contributed by atoms with Crippen LogP contribution in [0, 0.1) is 0 Å². The van der Waals surface area contributed by atoms with Gasteiger partial charge in [-0.2, -0.15) is 0 Å². The zero-order valence-corrected chi connectivity index (χ0v) is 19.0. The summed E-state index contributed by atoms with van der Waals surface area (Å²) in [5.74, 6) is 0.0256. The smallest absolute Gasteiger partial charge is 0.253 e. The number of rotatable bonds is 8. The molecule has 0 aromatic heterocycles. The maximum absolute atomic E-state index is 12.3. The number of para-hydroxylation sites is 1. The van der Waals surface area contributed by atoms with Crippen molar-refractivity contribution in [2.24, 2.45) is 0 Å². The third kappa shape index (κ3) is 7.82. The highest BCUT2D eigenvalue weighted by Crippen LogP contribution is 2.27. The van der Waals surface area contributed by atoms with E-state index in [1.54, 1.807) is 42.5 Å². The average molecular weight is 468 g/mol. The maximum Gasteiger partial charge on any atom is 0.253 e. The molecule has 30 heavy (non-hydrogen) atoms. The van der Waals surface area contributed by atoms with E-state index >= 15 is 0 Å². The van der Waals surface area contributed by atoms with E-state index in [0.29, 0.717) is 40.1 Å². The van der Waals surface area contributed by atoms with Gasteiger partial charge in [0.15, 0.2) is 5.11 Å². The largest absolute Gasteiger partial charge is 0.492 e. The Morgan fingerprint density at radius 2 is 1.87 bits per heavy atom. The summed E-state index contributed by atoms with van der Waals surface area (Å²) in [6, 6.07) is 11.9. The number of ether oxygens (including phenoxy) is 1. The summed E-state index contributed by atoms with van der Waals surface area (Å²) in [5.41, 5.74) is 0.956. The van der Waals surface area contributed by atoms with Gasteiger partial charge in [-0.25, -0.2) is 0 Å². The van der Waals surface area contributed by atoms with Crippen LogP contribution in [-0.4, -0.2) is 29.6 Å². The number of hydrogen-bond acceptors (Lipinski definition) is 4. The molecule has 0 radical (unpaired) electrons. The Hall–Kier alpha value is -2.35. The Kier molecular flexibility index (Phi) is 9.36. The molecule has 0 saturated heterocycles. The Labute approximate surface area is 191 Å². The molecule has 0 saturated carbocycles. The summed E-state index contributed by atoms with van der Waals surface area (Å²) < 4.78 is 5.55. The molecule has 0 bridgehead atoms. The molecule has 0 fully saturated rings. The maximum atomic E-state index is 12.3. The van der Waals surface area contributed by atoms with E-state index in [1.165, 1.54) is 0 Å². The predicted molar refractivity (Wildman–Crippen MR) is 125 cm³/mol. The van der Waals surface area contributed by atoms with Gasteiger partial charge in [0, 0.05) is 17.5 Å². The van der Waals surface area contributed by atoms with Crippen LogP contribution in [0.5, 0.6) is 5.75 Å². The highest BCUT2D eigenvalue weighted by atomic mass is 35.5. The first-order chi connectivity index (χ1) is 14.3. The fourth-order valence-corrected chi connectivity index (χ4v) is 3.17. The highest BCUT2D eigenvalue weighted by molar-refractivity contribution is 7.80. The van der Waals surface area contributed by atoms with Gasteiger partial charge in [-0.1, -0.05) is 35.3 Å². The van der Waals surface area contributed by atoms with Gasteiger partial charge in [0.25, 0.3) is 5.91 Å². The summed E-state index contributed by atoms with van der Waals surface area (Å²) in [7, 11) is 0. The summed E-state index contributed by atoms with van der Waals surface area (Å²) in [6.07, 6.45) is 0.684. The lowest BCUT2D eigenvalue weighted by Gasteiger charge is -2.15. The summed E-state index contributed by atoms with van der Waals surface area (Å²) in [6.45, 7) is 4.07. The van der Waals surface area contributed by atoms with Crippen molar-refractivity contribution < 1.29 is 14.3 Å². The van der Waals surface area contributed by atoms with Gasteiger partial charge in [0.2, 0.25) is 5.91 Å². The lowest BCUT2D eigenvalue weighted by atomic mass is 10.1. The zero-order chi connectivity index (χ0) is 22.1. The number of carbonyl (C=O) groups is 2. The molecule has 2 aromatic rings. The molecule has 0 atom stereocenters. The first-order valence-corrected chi connectivity index (χ1v) is 10.5. The first-order valence-electron chi connectivity index (χ1n) is 9.35. The van der Waals surface area contributed by atoms with Crippen LogP contribution in [0.3, 0.4) is 0 Å². The molecule has 0 aliphatic rings. The van der Waals surface area contributed by atoms with Crippen LogP contribution in [0.15, 0.2) is 42.5 Å². The van der Waals surface area contributed by atoms with Crippen molar-refractivity contribution in [3.63, 3.8) is 0 Å². The molecule has 0 heterocycles. The molecule has 2 aromatic carbocycles. The van der Waals surface area contributed by atoms with E-state index < -0.39 is 0 Å². The third-order valence-electron chi connectivity index (χ3n) is 3.79. The van der Waals surface area contributed by atoms with E-state index in [9.17, 15) is 9.59 Å². The van der Waals surface area contributed by atoms with Gasteiger partial charge < -0.3 is 20.7 Å². The second-order valence-corrected chi connectivity index (χ2v) is 7.95. The molecule has 3 N–H and O–H groups in total. The zero-order valence-electron chi connectivity index (χ0n) is 16.6. The minimum absolute atomic E-state index is 0.00202. The molecule has 160 valence electrons. The fraction of sp³-hybridized carbons (Fsp3) is 0.286. The lowest BCUT2D eigenvalue weighted by Crippen LogP contribution is -2.35. The van der Waals surface area contributed by atoms with Crippen LogP contribution in [0.1, 0.15) is 37.0 Å². The number of hydrogen-bond donors (Lipinski definition) is 3. The van der Waals surface area contributed by atoms with Crippen LogP contribution >= 0.6 is 35.4 Å². The standard InChI is InChI=1S/C21H23Cl2N3O3S/c1-13(2)24-20(28)15-6-3-4-7-17(15)25-21(30)26-19(27)8-5-11-29-18-10-9-14(22)12-16(18)23/h3-4,6-7,9-10,12-13H,5,8,11H2,1-2H3,(H,24,28)(H2,25,26,27,30). The number of anilines is 1. The van der Waals surface area contributed by atoms with Crippen LogP contribution in [-0.2, 0) is 4.79 Å². The molecular weight excluding hydrogens is 445 g/mol. The Balaban J connectivity index is 1.80. The van der Waals surface area contributed by atoms with Gasteiger partial charge in [-0.05, 0) is 62.8 Å². The molecule has 0 aliphatic heterocycles. The van der Waals surface area contributed by atoms with Gasteiger partial charge in [-0.3, -0.25) is 9.59 Å². The molecule has 0 aliphatic carbocycles. The van der Waals surface area contributed by atoms with Crippen molar-refractivity contribution in [2.45, 2.75) is 32.7 Å². The molecule has 9 heteroatoms. The third-order valence-corrected chi connectivity index (χ3v) is 4.53. The minimum atomic E-state index is -0.262. The molecular formula is C21H23Cl2N3O3S. The van der Waals surface area contributed by atoms with E-state index in [4.69, 9.17) is 40.2 Å². The Morgan fingerprint density at radius 3 is 2.57 bits per heavy atom. The van der Waals surface area contributed by atoms with Crippen molar-refractivity contribution in [1.82, 2.24) is 10.6 Å². The summed E-state index contributed by atoms with van der Waals surface area (Å²) >= 11 is 17.1. The topological polar surface area (TPSA) is 79.5 Å². The van der Waals surface area contributed by atoms with Crippen molar-refractivity contribution in [3.8, 4) is 5.75 Å². The van der Waals surface area contributed by atoms with Gasteiger partial charge in [0.05, 0.1) is 22.9 Å². The molecule has 0 spiro atoms. The normalized spacial score (nSPS) is 10.4. The Bertz CT molecular complexity index is 922. The number of benzene rings is 2. The predicted octanol–water partition coefficient (Wildman–Crippen LogP) is 4.80. The van der Waals surface area contributed by atoms with Crippen molar-refractivity contribution >= 4 is 58.0 Å². The number of nitrogens with one attached hydrogen (secondary N) is 3. The molecule has 6 nitrogen and oxygen atoms in total. The molecule has 2 amide bonds. The Morgan fingerprint density at radius 1 is 1.13 bits per heavy atom. The lowest BCUT2D eigenvalue weighted by molar-refractivity contribution is -0.119. The van der Waals surface area contributed by atoms with Crippen LogP contribution in [0.2, 0.25) is 10.0 Å². The molecule has 0 unspecified atom stereocenters. The SMILES string of the molecule is CC(C)NC(=O)c1ccccc1NC(=S)NC(=O)CCCOc1ccc(Cl)cc1Cl. The van der Waals surface area contributed by atoms with Gasteiger partial charge >= 0.3 is 0 Å². The first kappa shape index (κ1) is 23.9. The van der Waals surface area contributed by atoms with Crippen molar-refractivity contribution in [2.75, 3.05) is 11.9 Å². The monoisotopic (exact) mass is 467 g/mol. The van der Waals surface area contributed by atoms with E-state index in [1.807, 2.05) is 13.8 Å². The average Bonchev–Trinajstić information content (AvgIpc) is 2.66. The number of carbonyl (C=O) groups excluding carboxylic acids is 2. The fourth-order valence-electron chi connectivity index (χ4n) is 2.48. The van der Waals surface area contributed by atoms with Crippen molar-refractivity contribution in [1.29, 1.82) is 0 Å². The van der Waals surface area contributed by atoms with Crippen LogP contribution in [0.4, 0.5) is 5.69 Å². The number of halogens is 2. The van der Waals surface area contributed by atoms with Crippen LogP contribution in [0.25, 0.3) is 0 Å². The summed E-state index contributed by atoms with van der Waals surface area (Å²) in [4.78, 5) is 24.4. The second-order valence-electron chi connectivity index (χ2n) is 6.70. The van der Waals surface area contributed by atoms with E-state index in [0.717, 1.165) is 0 Å². The number of thiocarbonyl (C=S) groups is 1. The van der Waals surface area contributed by atoms with Gasteiger partial charge in [0.1, 0.15) is 5.75 Å². The molecule has 2 rings (SSSR count). The quantitative estimate of drug-likeness (QED) is 0.383. The van der Waals surface area contributed by atoms with E-state index in [-0.39, 0.29) is 29.4 Å². The second kappa shape index (κ2) is 11.7. The van der Waals surface area contributed by atoms with Crippen LogP contribution < -0.4 is 20.7 Å². The number of amides is 2. The minimum Gasteiger partial charge on any atom is -0.492 e. The summed E-state index contributed by atoms with van der Waals surface area (Å²) in [5, 5.41) is 9.39. The highest BCUT2D eigenvalue weighted by Gasteiger charge is 2.13. The van der Waals surface area contributed by atoms with Gasteiger partial charge in [-0.15, -0.1) is 0 Å². The van der Waals surface area contributed by atoms with E-state index in [2.05, 4.69) is 16.0 Å². The van der Waals surface area contributed by atoms with Crippen molar-refractivity contribution in [3.05, 3.63) is 58.1 Å².